The van der Waals surface area contributed by atoms with Crippen LogP contribution in [0.15, 0.2) is 24.3 Å². The zero-order chi connectivity index (χ0) is 14.4. The minimum absolute atomic E-state index is 0.0250. The lowest BCUT2D eigenvalue weighted by Crippen LogP contribution is -2.27. The molecule has 108 valence electrons. The molecule has 2 rings (SSSR count). The molecule has 1 aliphatic rings. The van der Waals surface area contributed by atoms with E-state index in [1.165, 1.54) is 18.6 Å². The summed E-state index contributed by atoms with van der Waals surface area (Å²) < 4.78 is 0. The summed E-state index contributed by atoms with van der Waals surface area (Å²) in [6.45, 7) is 1.46. The Morgan fingerprint density at radius 1 is 1.40 bits per heavy atom. The lowest BCUT2D eigenvalue weighted by atomic mass is 10.1. The van der Waals surface area contributed by atoms with Gasteiger partial charge in [-0.25, -0.2) is 0 Å². The van der Waals surface area contributed by atoms with E-state index in [4.69, 9.17) is 0 Å². The van der Waals surface area contributed by atoms with Crippen molar-refractivity contribution in [2.75, 3.05) is 6.54 Å². The van der Waals surface area contributed by atoms with Crippen molar-refractivity contribution in [3.05, 3.63) is 39.9 Å². The molecule has 0 saturated carbocycles. The van der Waals surface area contributed by atoms with Gasteiger partial charge >= 0.3 is 0 Å². The summed E-state index contributed by atoms with van der Waals surface area (Å²) in [5, 5.41) is 16.7. The Labute approximate surface area is 117 Å². The van der Waals surface area contributed by atoms with Gasteiger partial charge < -0.3 is 10.6 Å². The van der Waals surface area contributed by atoms with Crippen LogP contribution in [0.4, 0.5) is 5.69 Å². The van der Waals surface area contributed by atoms with Crippen LogP contribution in [0.5, 0.6) is 0 Å². The van der Waals surface area contributed by atoms with Crippen LogP contribution in [0.3, 0.4) is 0 Å². The maximum atomic E-state index is 11.7. The molecule has 1 fully saturated rings. The zero-order valence-electron chi connectivity index (χ0n) is 11.3. The average Bonchev–Trinajstić information content (AvgIpc) is 2.96. The van der Waals surface area contributed by atoms with Crippen molar-refractivity contribution in [1.82, 2.24) is 10.6 Å². The van der Waals surface area contributed by atoms with Gasteiger partial charge in [-0.15, -0.1) is 0 Å². The summed E-state index contributed by atoms with van der Waals surface area (Å²) in [7, 11) is 0. The number of carbonyl (C=O) groups is 1. The summed E-state index contributed by atoms with van der Waals surface area (Å²) in [5.74, 6) is 0.0250. The van der Waals surface area contributed by atoms with Gasteiger partial charge in [0.1, 0.15) is 0 Å². The van der Waals surface area contributed by atoms with Crippen molar-refractivity contribution < 1.29 is 9.72 Å². The Morgan fingerprint density at radius 3 is 2.75 bits per heavy atom. The molecule has 1 heterocycles. The van der Waals surface area contributed by atoms with Crippen molar-refractivity contribution in [3.8, 4) is 0 Å². The monoisotopic (exact) mass is 277 g/mol. The van der Waals surface area contributed by atoms with Gasteiger partial charge in [0, 0.05) is 31.1 Å². The molecule has 20 heavy (non-hydrogen) atoms. The van der Waals surface area contributed by atoms with Crippen LogP contribution in [0.25, 0.3) is 0 Å². The summed E-state index contributed by atoms with van der Waals surface area (Å²) in [6.07, 6.45) is 3.72. The number of nitro benzene ring substituents is 1. The van der Waals surface area contributed by atoms with Gasteiger partial charge in [0.15, 0.2) is 0 Å². The number of hydrogen-bond donors (Lipinski definition) is 2. The molecule has 1 amide bonds. The first-order valence-corrected chi connectivity index (χ1v) is 6.88. The largest absolute Gasteiger partial charge is 0.352 e. The molecule has 1 saturated heterocycles. The van der Waals surface area contributed by atoms with Crippen LogP contribution in [-0.2, 0) is 11.3 Å². The molecule has 1 aromatic rings. The first-order valence-electron chi connectivity index (χ1n) is 6.88. The second-order valence-corrected chi connectivity index (χ2v) is 5.03. The highest BCUT2D eigenvalue weighted by atomic mass is 16.6. The number of non-ortho nitro benzene ring substituents is 1. The number of amides is 1. The van der Waals surface area contributed by atoms with E-state index >= 15 is 0 Å². The fourth-order valence-electron chi connectivity index (χ4n) is 2.33. The van der Waals surface area contributed by atoms with E-state index in [0.717, 1.165) is 24.9 Å². The van der Waals surface area contributed by atoms with Crippen molar-refractivity contribution in [3.63, 3.8) is 0 Å². The Balaban J connectivity index is 1.70. The van der Waals surface area contributed by atoms with E-state index in [9.17, 15) is 14.9 Å². The molecule has 6 nitrogen and oxygen atoms in total. The van der Waals surface area contributed by atoms with Gasteiger partial charge in [-0.2, -0.15) is 0 Å². The van der Waals surface area contributed by atoms with Gasteiger partial charge in [0.05, 0.1) is 4.92 Å². The molecule has 6 heteroatoms. The first kappa shape index (κ1) is 14.5. The SMILES string of the molecule is O=C(CCC1CCCN1)NCc1ccc([N+](=O)[O-])cc1. The number of rotatable bonds is 6. The molecule has 0 bridgehead atoms. The molecule has 2 N–H and O–H groups in total. The first-order chi connectivity index (χ1) is 9.65. The van der Waals surface area contributed by atoms with Gasteiger partial charge in [-0.1, -0.05) is 12.1 Å². The Morgan fingerprint density at radius 2 is 2.15 bits per heavy atom. The van der Waals surface area contributed by atoms with Gasteiger partial charge in [0.2, 0.25) is 5.91 Å². The maximum Gasteiger partial charge on any atom is 0.269 e. The van der Waals surface area contributed by atoms with E-state index in [0.29, 0.717) is 19.0 Å². The van der Waals surface area contributed by atoms with Crippen molar-refractivity contribution in [1.29, 1.82) is 0 Å². The normalized spacial score (nSPS) is 17.9. The fourth-order valence-corrected chi connectivity index (χ4v) is 2.33. The number of hydrogen-bond acceptors (Lipinski definition) is 4. The molecule has 0 aliphatic carbocycles. The quantitative estimate of drug-likeness (QED) is 0.613. The highest BCUT2D eigenvalue weighted by molar-refractivity contribution is 5.75. The summed E-state index contributed by atoms with van der Waals surface area (Å²) in [5.41, 5.74) is 0.926. The smallest absolute Gasteiger partial charge is 0.269 e. The van der Waals surface area contributed by atoms with E-state index in [-0.39, 0.29) is 11.6 Å². The van der Waals surface area contributed by atoms with Crippen LogP contribution in [0.2, 0.25) is 0 Å². The van der Waals surface area contributed by atoms with Gasteiger partial charge in [-0.3, -0.25) is 14.9 Å². The molecule has 1 aromatic carbocycles. The van der Waals surface area contributed by atoms with Gasteiger partial charge in [-0.05, 0) is 31.4 Å². The maximum absolute atomic E-state index is 11.7. The number of nitrogens with zero attached hydrogens (tertiary/aromatic N) is 1. The Kier molecular flexibility index (Phi) is 5.06. The predicted molar refractivity (Wildman–Crippen MR) is 75.2 cm³/mol. The minimum Gasteiger partial charge on any atom is -0.352 e. The summed E-state index contributed by atoms with van der Waals surface area (Å²) >= 11 is 0. The number of carbonyl (C=O) groups excluding carboxylic acids is 1. The second kappa shape index (κ2) is 7.00. The minimum atomic E-state index is -0.434. The molecule has 1 atom stereocenters. The molecule has 1 unspecified atom stereocenters. The Hall–Kier alpha value is -1.95. The zero-order valence-corrected chi connectivity index (χ0v) is 11.3. The molecule has 0 radical (unpaired) electrons. The van der Waals surface area contributed by atoms with Crippen LogP contribution in [-0.4, -0.2) is 23.4 Å². The lowest BCUT2D eigenvalue weighted by molar-refractivity contribution is -0.384. The molecule has 0 spiro atoms. The topological polar surface area (TPSA) is 84.3 Å². The van der Waals surface area contributed by atoms with E-state index < -0.39 is 4.92 Å². The molecule has 0 aromatic heterocycles. The molecule has 1 aliphatic heterocycles. The Bertz CT molecular complexity index is 467. The lowest BCUT2D eigenvalue weighted by Gasteiger charge is -2.10. The van der Waals surface area contributed by atoms with E-state index in [1.54, 1.807) is 12.1 Å². The van der Waals surface area contributed by atoms with E-state index in [2.05, 4.69) is 10.6 Å². The summed E-state index contributed by atoms with van der Waals surface area (Å²) in [4.78, 5) is 21.8. The highest BCUT2D eigenvalue weighted by Crippen LogP contribution is 2.12. The molecular formula is C14H19N3O3. The number of nitrogens with one attached hydrogen (secondary N) is 2. The summed E-state index contributed by atoms with van der Waals surface area (Å²) in [6, 6.07) is 6.70. The predicted octanol–water partition coefficient (Wildman–Crippen LogP) is 1.74. The highest BCUT2D eigenvalue weighted by Gasteiger charge is 2.15. The van der Waals surface area contributed by atoms with Crippen molar-refractivity contribution >= 4 is 11.6 Å². The van der Waals surface area contributed by atoms with E-state index in [1.807, 2.05) is 0 Å². The van der Waals surface area contributed by atoms with Crippen molar-refractivity contribution in [2.45, 2.75) is 38.3 Å². The van der Waals surface area contributed by atoms with Crippen molar-refractivity contribution in [2.24, 2.45) is 0 Å². The third-order valence-corrected chi connectivity index (χ3v) is 3.52. The van der Waals surface area contributed by atoms with Crippen LogP contribution in [0, 0.1) is 10.1 Å². The number of nitro groups is 1. The van der Waals surface area contributed by atoms with Gasteiger partial charge in [0.25, 0.3) is 5.69 Å². The standard InChI is InChI=1S/C14H19N3O3/c18-14(8-5-12-2-1-9-15-12)16-10-11-3-6-13(7-4-11)17(19)20/h3-4,6-7,12,15H,1-2,5,8-10H2,(H,16,18). The third-order valence-electron chi connectivity index (χ3n) is 3.52. The van der Waals surface area contributed by atoms with Crippen LogP contribution < -0.4 is 10.6 Å². The van der Waals surface area contributed by atoms with Crippen LogP contribution >= 0.6 is 0 Å². The second-order valence-electron chi connectivity index (χ2n) is 5.03. The molecular weight excluding hydrogens is 258 g/mol. The van der Waals surface area contributed by atoms with Crippen LogP contribution in [0.1, 0.15) is 31.2 Å². The fraction of sp³-hybridized carbons (Fsp3) is 0.500. The third kappa shape index (κ3) is 4.31. The average molecular weight is 277 g/mol. The number of benzene rings is 1.